The van der Waals surface area contributed by atoms with Crippen LogP contribution in [-0.2, 0) is 6.42 Å². The number of nitrogens with two attached hydrogens (primary N) is 1. The first kappa shape index (κ1) is 16.9. The maximum absolute atomic E-state index is 12.2. The van der Waals surface area contributed by atoms with Crippen molar-refractivity contribution >= 4 is 36.1 Å². The van der Waals surface area contributed by atoms with E-state index in [1.54, 1.807) is 30.3 Å². The Bertz CT molecular complexity index is 704. The Morgan fingerprint density at radius 1 is 1.17 bits per heavy atom. The minimum atomic E-state index is -0.535. The van der Waals surface area contributed by atoms with Crippen molar-refractivity contribution < 1.29 is 14.7 Å². The Morgan fingerprint density at radius 3 is 2.48 bits per heavy atom. The molecule has 0 atom stereocenters. The van der Waals surface area contributed by atoms with Gasteiger partial charge in [-0.3, -0.25) is 4.79 Å². The second-order valence-corrected chi connectivity index (χ2v) is 5.23. The predicted molar refractivity (Wildman–Crippen MR) is 92.7 cm³/mol. The number of nitrogens with one attached hydrogen (secondary N) is 1. The highest BCUT2D eigenvalue weighted by Crippen LogP contribution is 2.19. The predicted octanol–water partition coefficient (Wildman–Crippen LogP) is 2.20. The van der Waals surface area contributed by atoms with E-state index in [1.165, 1.54) is 12.1 Å². The van der Waals surface area contributed by atoms with Gasteiger partial charge in [-0.15, -0.1) is 0 Å². The normalized spacial score (nSPS) is 10.2. The van der Waals surface area contributed by atoms with E-state index in [4.69, 9.17) is 10.8 Å². The molecule has 0 radical (unpaired) electrons. The number of aliphatic hydroxyl groups is 1. The summed E-state index contributed by atoms with van der Waals surface area (Å²) in [5, 5.41) is 11.7. The molecule has 2 rings (SSSR count). The second kappa shape index (κ2) is 7.66. The Hall–Kier alpha value is -2.51. The van der Waals surface area contributed by atoms with Crippen LogP contribution in [0.1, 0.15) is 15.9 Å². The highest BCUT2D eigenvalue weighted by atomic mass is 32.1. The number of amides is 3. The molecule has 0 saturated heterocycles. The van der Waals surface area contributed by atoms with Crippen molar-refractivity contribution in [1.82, 2.24) is 0 Å². The molecule has 120 valence electrons. The monoisotopic (exact) mass is 331 g/mol. The van der Waals surface area contributed by atoms with Gasteiger partial charge in [0.2, 0.25) is 5.91 Å². The van der Waals surface area contributed by atoms with Crippen molar-refractivity contribution in [3.05, 3.63) is 59.7 Å². The van der Waals surface area contributed by atoms with Crippen LogP contribution in [-0.4, -0.2) is 23.7 Å². The van der Waals surface area contributed by atoms with Crippen molar-refractivity contribution in [3.8, 4) is 0 Å². The minimum Gasteiger partial charge on any atom is -0.396 e. The molecule has 0 fully saturated rings. The number of anilines is 2. The van der Waals surface area contributed by atoms with Crippen LogP contribution in [0, 0.1) is 0 Å². The van der Waals surface area contributed by atoms with Crippen LogP contribution in [0.15, 0.2) is 48.5 Å². The van der Waals surface area contributed by atoms with Crippen molar-refractivity contribution in [2.75, 3.05) is 16.2 Å². The van der Waals surface area contributed by atoms with Crippen molar-refractivity contribution in [3.63, 3.8) is 0 Å². The summed E-state index contributed by atoms with van der Waals surface area (Å²) in [6.07, 6.45) is 0.517. The van der Waals surface area contributed by atoms with Crippen LogP contribution >= 0.6 is 12.8 Å². The van der Waals surface area contributed by atoms with E-state index in [0.29, 0.717) is 23.4 Å². The van der Waals surface area contributed by atoms with E-state index >= 15 is 0 Å². The van der Waals surface area contributed by atoms with Gasteiger partial charge in [-0.1, -0.05) is 24.9 Å². The molecule has 0 aliphatic heterocycles. The van der Waals surface area contributed by atoms with Gasteiger partial charge in [0.25, 0.3) is 0 Å². The van der Waals surface area contributed by atoms with E-state index < -0.39 is 11.9 Å². The molecule has 3 amide bonds. The van der Waals surface area contributed by atoms with Crippen molar-refractivity contribution in [2.24, 2.45) is 5.73 Å². The van der Waals surface area contributed by atoms with Crippen LogP contribution < -0.4 is 15.4 Å². The Labute approximate surface area is 139 Å². The van der Waals surface area contributed by atoms with Gasteiger partial charge in [-0.2, -0.15) is 0 Å². The fourth-order valence-corrected chi connectivity index (χ4v) is 2.18. The molecule has 7 heteroatoms. The third kappa shape index (κ3) is 4.48. The maximum atomic E-state index is 12.2. The third-order valence-corrected chi connectivity index (χ3v) is 3.58. The van der Waals surface area contributed by atoms with Gasteiger partial charge in [0.1, 0.15) is 0 Å². The number of primary amides is 1. The summed E-state index contributed by atoms with van der Waals surface area (Å²) in [5.74, 6) is -0.535. The van der Waals surface area contributed by atoms with Crippen LogP contribution in [0.3, 0.4) is 0 Å². The lowest BCUT2D eigenvalue weighted by Crippen LogP contribution is -2.26. The van der Waals surface area contributed by atoms with Crippen molar-refractivity contribution in [1.29, 1.82) is 0 Å². The van der Waals surface area contributed by atoms with Crippen LogP contribution in [0.5, 0.6) is 0 Å². The summed E-state index contributed by atoms with van der Waals surface area (Å²) in [6.45, 7) is 0.0440. The zero-order chi connectivity index (χ0) is 16.8. The Balaban J connectivity index is 2.07. The van der Waals surface area contributed by atoms with Gasteiger partial charge < -0.3 is 16.2 Å². The molecule has 2 aromatic carbocycles. The molecular weight excluding hydrogens is 314 g/mol. The quantitative estimate of drug-likeness (QED) is 0.633. The lowest BCUT2D eigenvalue weighted by Gasteiger charge is -2.17. The highest BCUT2D eigenvalue weighted by Gasteiger charge is 2.13. The van der Waals surface area contributed by atoms with Gasteiger partial charge in [0.15, 0.2) is 0 Å². The molecule has 23 heavy (non-hydrogen) atoms. The molecule has 0 aromatic heterocycles. The number of urea groups is 1. The van der Waals surface area contributed by atoms with Gasteiger partial charge in [0.05, 0.1) is 5.69 Å². The number of carbonyl (C=O) groups is 2. The lowest BCUT2D eigenvalue weighted by molar-refractivity contribution is 0.100. The molecule has 4 N–H and O–H groups in total. The first-order valence-electron chi connectivity index (χ1n) is 6.91. The number of carbonyl (C=O) groups excluding carboxylic acids is 2. The number of thiol groups is 1. The lowest BCUT2D eigenvalue weighted by atomic mass is 10.1. The molecule has 0 heterocycles. The fourth-order valence-electron chi connectivity index (χ4n) is 1.99. The van der Waals surface area contributed by atoms with E-state index in [2.05, 4.69) is 18.1 Å². The van der Waals surface area contributed by atoms with E-state index in [0.717, 1.165) is 9.87 Å². The fraction of sp³-hybridized carbons (Fsp3) is 0.125. The summed E-state index contributed by atoms with van der Waals surface area (Å²) < 4.78 is 1.13. The number of aliphatic hydroxyl groups excluding tert-OH is 1. The third-order valence-electron chi connectivity index (χ3n) is 3.17. The summed E-state index contributed by atoms with van der Waals surface area (Å²) in [6, 6.07) is 13.0. The maximum Gasteiger partial charge on any atom is 0.336 e. The Kier molecular flexibility index (Phi) is 5.61. The average molecular weight is 331 g/mol. The second-order valence-electron chi connectivity index (χ2n) is 4.83. The molecule has 0 bridgehead atoms. The summed E-state index contributed by atoms with van der Waals surface area (Å²) in [7, 11) is 0. The number of benzene rings is 2. The zero-order valence-corrected chi connectivity index (χ0v) is 13.2. The van der Waals surface area contributed by atoms with E-state index in [9.17, 15) is 9.59 Å². The van der Waals surface area contributed by atoms with E-state index in [-0.39, 0.29) is 6.61 Å². The summed E-state index contributed by atoms with van der Waals surface area (Å²) in [4.78, 5) is 23.2. The SMILES string of the molecule is NC(=O)c1ccc(N(S)C(=O)Nc2cccc(CCO)c2)cc1. The average Bonchev–Trinajstić information content (AvgIpc) is 2.55. The largest absolute Gasteiger partial charge is 0.396 e. The first-order valence-corrected chi connectivity index (χ1v) is 7.31. The first-order chi connectivity index (χ1) is 11.0. The molecule has 0 saturated carbocycles. The minimum absolute atomic E-state index is 0.0440. The standard InChI is InChI=1S/C16H17N3O3S/c17-15(21)12-4-6-14(7-5-12)19(23)16(22)18-13-3-1-2-11(10-13)8-9-20/h1-7,10,20,23H,8-9H2,(H2,17,21)(H,18,22). The smallest absolute Gasteiger partial charge is 0.336 e. The molecular formula is C16H17N3O3S. The van der Waals surface area contributed by atoms with Crippen LogP contribution in [0.2, 0.25) is 0 Å². The van der Waals surface area contributed by atoms with Crippen LogP contribution in [0.4, 0.5) is 16.2 Å². The highest BCUT2D eigenvalue weighted by molar-refractivity contribution is 7.82. The molecule has 0 unspecified atom stereocenters. The number of nitrogens with zero attached hydrogens (tertiary/aromatic N) is 1. The van der Waals surface area contributed by atoms with Gasteiger partial charge in [-0.05, 0) is 48.4 Å². The molecule has 0 spiro atoms. The zero-order valence-electron chi connectivity index (χ0n) is 12.3. The summed E-state index contributed by atoms with van der Waals surface area (Å²) in [5.41, 5.74) is 7.55. The summed E-state index contributed by atoms with van der Waals surface area (Å²) >= 11 is 4.16. The topological polar surface area (TPSA) is 95.7 Å². The van der Waals surface area contributed by atoms with E-state index in [1.807, 2.05) is 6.07 Å². The molecule has 6 nitrogen and oxygen atoms in total. The molecule has 0 aliphatic rings. The van der Waals surface area contributed by atoms with Gasteiger partial charge in [-0.25, -0.2) is 9.10 Å². The van der Waals surface area contributed by atoms with Crippen LogP contribution in [0.25, 0.3) is 0 Å². The number of rotatable bonds is 5. The molecule has 0 aliphatic carbocycles. The van der Waals surface area contributed by atoms with Gasteiger partial charge in [0, 0.05) is 17.9 Å². The Morgan fingerprint density at radius 2 is 1.87 bits per heavy atom. The van der Waals surface area contributed by atoms with Crippen molar-refractivity contribution in [2.45, 2.75) is 6.42 Å². The van der Waals surface area contributed by atoms with Gasteiger partial charge >= 0.3 is 6.03 Å². The number of hydrogen-bond acceptors (Lipinski definition) is 4. The number of hydrogen-bond donors (Lipinski definition) is 4. The molecule has 2 aromatic rings.